The largest absolute Gasteiger partial charge is 0.484 e. The van der Waals surface area contributed by atoms with E-state index >= 15 is 0 Å². The number of nitrogens with two attached hydrogens (primary N) is 1. The molecule has 0 heterocycles. The Morgan fingerprint density at radius 1 is 1.53 bits per heavy atom. The molecule has 0 aliphatic rings. The van der Waals surface area contributed by atoms with E-state index < -0.39 is 0 Å². The van der Waals surface area contributed by atoms with E-state index in [1.54, 1.807) is 31.2 Å². The standard InChI is InChI=1S/C12H16ClN3O3/c1-8(12(14)16-18)6-15-11(17)7-19-10-4-2-9(13)3-5-10/h2-5,8,18H,6-7H2,1H3,(H2,14,16)(H,15,17). The molecule has 0 aromatic heterocycles. The number of carbonyl (C=O) groups excluding carboxylic acids is 1. The van der Waals surface area contributed by atoms with Crippen molar-refractivity contribution >= 4 is 23.3 Å². The lowest BCUT2D eigenvalue weighted by atomic mass is 10.1. The summed E-state index contributed by atoms with van der Waals surface area (Å²) in [6.07, 6.45) is 0. The average molecular weight is 286 g/mol. The van der Waals surface area contributed by atoms with Gasteiger partial charge in [-0.2, -0.15) is 0 Å². The van der Waals surface area contributed by atoms with E-state index in [0.29, 0.717) is 10.8 Å². The molecule has 1 unspecified atom stereocenters. The van der Waals surface area contributed by atoms with Crippen molar-refractivity contribution in [2.45, 2.75) is 6.92 Å². The van der Waals surface area contributed by atoms with Crippen molar-refractivity contribution in [3.8, 4) is 5.75 Å². The third-order valence-corrected chi connectivity index (χ3v) is 2.66. The number of ether oxygens (including phenoxy) is 1. The molecule has 0 bridgehead atoms. The molecule has 0 saturated carbocycles. The zero-order valence-corrected chi connectivity index (χ0v) is 11.2. The number of amides is 1. The number of oxime groups is 1. The Morgan fingerprint density at radius 3 is 2.74 bits per heavy atom. The number of benzene rings is 1. The van der Waals surface area contributed by atoms with E-state index in [1.165, 1.54) is 0 Å². The Kier molecular flexibility index (Phi) is 5.95. The first-order valence-corrected chi connectivity index (χ1v) is 6.03. The predicted octanol–water partition coefficient (Wildman–Crippen LogP) is 1.22. The first kappa shape index (κ1) is 15.1. The van der Waals surface area contributed by atoms with Gasteiger partial charge in [0.25, 0.3) is 5.91 Å². The van der Waals surface area contributed by atoms with Crippen molar-refractivity contribution in [3.63, 3.8) is 0 Å². The lowest BCUT2D eigenvalue weighted by Crippen LogP contribution is -2.36. The van der Waals surface area contributed by atoms with Crippen molar-refractivity contribution in [2.24, 2.45) is 16.8 Å². The Labute approximate surface area is 116 Å². The fourth-order valence-corrected chi connectivity index (χ4v) is 1.33. The van der Waals surface area contributed by atoms with Crippen LogP contribution in [0, 0.1) is 5.92 Å². The van der Waals surface area contributed by atoms with Crippen LogP contribution in [-0.2, 0) is 4.79 Å². The van der Waals surface area contributed by atoms with E-state index in [4.69, 9.17) is 27.3 Å². The molecule has 1 rings (SSSR count). The summed E-state index contributed by atoms with van der Waals surface area (Å²) < 4.78 is 5.26. The summed E-state index contributed by atoms with van der Waals surface area (Å²) in [5.41, 5.74) is 5.39. The number of hydrogen-bond donors (Lipinski definition) is 3. The van der Waals surface area contributed by atoms with Gasteiger partial charge in [0.2, 0.25) is 0 Å². The summed E-state index contributed by atoms with van der Waals surface area (Å²) in [6, 6.07) is 6.70. The number of nitrogens with zero attached hydrogens (tertiary/aromatic N) is 1. The van der Waals surface area contributed by atoms with Crippen LogP contribution in [0.25, 0.3) is 0 Å². The number of carbonyl (C=O) groups is 1. The van der Waals surface area contributed by atoms with Gasteiger partial charge in [0.05, 0.1) is 0 Å². The molecule has 1 amide bonds. The Morgan fingerprint density at radius 2 is 2.16 bits per heavy atom. The van der Waals surface area contributed by atoms with Crippen molar-refractivity contribution in [1.82, 2.24) is 5.32 Å². The molecule has 0 aliphatic carbocycles. The van der Waals surface area contributed by atoms with E-state index in [0.717, 1.165) is 0 Å². The van der Waals surface area contributed by atoms with Gasteiger partial charge in [-0.25, -0.2) is 0 Å². The molecule has 104 valence electrons. The minimum Gasteiger partial charge on any atom is -0.484 e. The SMILES string of the molecule is CC(CNC(=O)COc1ccc(Cl)cc1)C(N)=NO. The molecule has 0 radical (unpaired) electrons. The van der Waals surface area contributed by atoms with Crippen LogP contribution >= 0.6 is 11.6 Å². The van der Waals surface area contributed by atoms with Crippen LogP contribution in [0.1, 0.15) is 6.92 Å². The van der Waals surface area contributed by atoms with Gasteiger partial charge in [-0.05, 0) is 24.3 Å². The molecule has 4 N–H and O–H groups in total. The highest BCUT2D eigenvalue weighted by Gasteiger charge is 2.09. The fourth-order valence-electron chi connectivity index (χ4n) is 1.20. The van der Waals surface area contributed by atoms with E-state index in [-0.39, 0.29) is 30.8 Å². The van der Waals surface area contributed by atoms with Gasteiger partial charge in [0.15, 0.2) is 6.61 Å². The summed E-state index contributed by atoms with van der Waals surface area (Å²) in [4.78, 5) is 11.5. The average Bonchev–Trinajstić information content (AvgIpc) is 2.43. The van der Waals surface area contributed by atoms with Crippen LogP contribution in [0.2, 0.25) is 5.02 Å². The maximum absolute atomic E-state index is 11.5. The van der Waals surface area contributed by atoms with Gasteiger partial charge < -0.3 is 21.0 Å². The van der Waals surface area contributed by atoms with Gasteiger partial charge in [-0.1, -0.05) is 23.7 Å². The molecule has 1 aromatic carbocycles. The van der Waals surface area contributed by atoms with Crippen LogP contribution in [0.5, 0.6) is 5.75 Å². The molecule has 0 aliphatic heterocycles. The zero-order chi connectivity index (χ0) is 14.3. The molecule has 7 heteroatoms. The Balaban J connectivity index is 2.30. The maximum Gasteiger partial charge on any atom is 0.257 e. The predicted molar refractivity (Wildman–Crippen MR) is 72.5 cm³/mol. The van der Waals surface area contributed by atoms with E-state index in [2.05, 4.69) is 10.5 Å². The first-order chi connectivity index (χ1) is 9.02. The minimum atomic E-state index is -0.285. The summed E-state index contributed by atoms with van der Waals surface area (Å²) in [7, 11) is 0. The van der Waals surface area contributed by atoms with Gasteiger partial charge in [-0.3, -0.25) is 4.79 Å². The fraction of sp³-hybridized carbons (Fsp3) is 0.333. The number of nitrogens with one attached hydrogen (secondary N) is 1. The molecule has 1 atom stereocenters. The summed E-state index contributed by atoms with van der Waals surface area (Å²) >= 11 is 5.72. The van der Waals surface area contributed by atoms with Crippen molar-refractivity contribution in [1.29, 1.82) is 0 Å². The first-order valence-electron chi connectivity index (χ1n) is 5.65. The smallest absolute Gasteiger partial charge is 0.257 e. The Bertz CT molecular complexity index is 448. The van der Waals surface area contributed by atoms with Crippen molar-refractivity contribution in [3.05, 3.63) is 29.3 Å². The molecule has 6 nitrogen and oxygen atoms in total. The van der Waals surface area contributed by atoms with Crippen LogP contribution in [0.15, 0.2) is 29.4 Å². The molecule has 0 saturated heterocycles. The molecule has 0 spiro atoms. The maximum atomic E-state index is 11.5. The number of amidine groups is 1. The zero-order valence-electron chi connectivity index (χ0n) is 10.5. The summed E-state index contributed by atoms with van der Waals surface area (Å²) in [5, 5.41) is 14.5. The number of hydrogen-bond acceptors (Lipinski definition) is 4. The van der Waals surface area contributed by atoms with E-state index in [1.807, 2.05) is 0 Å². The second-order valence-corrected chi connectivity index (χ2v) is 4.41. The summed E-state index contributed by atoms with van der Waals surface area (Å²) in [6.45, 7) is 1.90. The van der Waals surface area contributed by atoms with Crippen LogP contribution in [0.3, 0.4) is 0 Å². The molecular formula is C12H16ClN3O3. The highest BCUT2D eigenvalue weighted by atomic mass is 35.5. The number of rotatable bonds is 6. The second kappa shape index (κ2) is 7.48. The quantitative estimate of drug-likeness (QED) is 0.317. The van der Waals surface area contributed by atoms with Crippen LogP contribution < -0.4 is 15.8 Å². The van der Waals surface area contributed by atoms with Gasteiger partial charge in [-0.15, -0.1) is 0 Å². The molecule has 0 fully saturated rings. The second-order valence-electron chi connectivity index (χ2n) is 3.97. The summed E-state index contributed by atoms with van der Waals surface area (Å²) in [5.74, 6) is 0.0972. The van der Waals surface area contributed by atoms with E-state index in [9.17, 15) is 4.79 Å². The molecule has 19 heavy (non-hydrogen) atoms. The van der Waals surface area contributed by atoms with Crippen molar-refractivity contribution in [2.75, 3.05) is 13.2 Å². The normalized spacial score (nSPS) is 12.8. The highest BCUT2D eigenvalue weighted by molar-refractivity contribution is 6.30. The van der Waals surface area contributed by atoms with Crippen LogP contribution in [-0.4, -0.2) is 30.1 Å². The topological polar surface area (TPSA) is 96.9 Å². The minimum absolute atomic E-state index is 0.0684. The lowest BCUT2D eigenvalue weighted by Gasteiger charge is -2.11. The third kappa shape index (κ3) is 5.48. The molecular weight excluding hydrogens is 270 g/mol. The van der Waals surface area contributed by atoms with Gasteiger partial charge in [0, 0.05) is 17.5 Å². The third-order valence-electron chi connectivity index (χ3n) is 2.41. The number of halogens is 1. The van der Waals surface area contributed by atoms with Crippen molar-refractivity contribution < 1.29 is 14.7 Å². The monoisotopic (exact) mass is 285 g/mol. The highest BCUT2D eigenvalue weighted by Crippen LogP contribution is 2.15. The lowest BCUT2D eigenvalue weighted by molar-refractivity contribution is -0.123. The van der Waals surface area contributed by atoms with Crippen LogP contribution in [0.4, 0.5) is 0 Å². The Hall–Kier alpha value is -1.95. The molecule has 1 aromatic rings. The van der Waals surface area contributed by atoms with Gasteiger partial charge in [0.1, 0.15) is 11.6 Å². The van der Waals surface area contributed by atoms with Gasteiger partial charge >= 0.3 is 0 Å².